The Kier molecular flexibility index (Phi) is 9.61. The average Bonchev–Trinajstić information content (AvgIpc) is 3.83. The lowest BCUT2D eigenvalue weighted by atomic mass is 9.92. The smallest absolute Gasteiger partial charge is 0.344 e. The van der Waals surface area contributed by atoms with Gasteiger partial charge in [0.15, 0.2) is 6.61 Å². The quantitative estimate of drug-likeness (QED) is 0.114. The molecule has 0 radical (unpaired) electrons. The highest BCUT2D eigenvalue weighted by molar-refractivity contribution is 9.09. The van der Waals surface area contributed by atoms with Crippen LogP contribution in [0.15, 0.2) is 60.7 Å². The number of aromatic amines is 2. The molecule has 1 aromatic carbocycles. The highest BCUT2D eigenvalue weighted by Gasteiger charge is 2.19. The molecule has 9 heteroatoms. The number of hydrogen-bond donors (Lipinski definition) is 2. The molecule has 6 rings (SSSR count). The predicted octanol–water partition coefficient (Wildman–Crippen LogP) is 9.70. The Bertz CT molecular complexity index is 1960. The van der Waals surface area contributed by atoms with Crippen LogP contribution in [-0.4, -0.2) is 48.8 Å². The maximum absolute atomic E-state index is 12.1. The maximum atomic E-state index is 12.1. The number of halogens is 2. The molecule has 0 fully saturated rings. The number of hydrogen-bond acceptors (Lipinski definition) is 5. The number of carbonyl (C=O) groups excluding carboxylic acids is 1. The fourth-order valence-electron chi connectivity index (χ4n) is 5.76. The molecule has 236 valence electrons. The van der Waals surface area contributed by atoms with Gasteiger partial charge in [-0.1, -0.05) is 44.0 Å². The van der Waals surface area contributed by atoms with Crippen molar-refractivity contribution >= 4 is 84.2 Å². The van der Waals surface area contributed by atoms with Crippen molar-refractivity contribution in [1.29, 1.82) is 0 Å². The molecule has 0 amide bonds. The molecule has 7 nitrogen and oxygen atoms in total. The van der Waals surface area contributed by atoms with Crippen LogP contribution in [0.5, 0.6) is 5.75 Å². The van der Waals surface area contributed by atoms with Crippen molar-refractivity contribution in [3.63, 3.8) is 0 Å². The molecule has 5 heterocycles. The summed E-state index contributed by atoms with van der Waals surface area (Å²) >= 11 is 7.34. The summed E-state index contributed by atoms with van der Waals surface area (Å²) in [4.78, 5) is 29.5. The fourth-order valence-corrected chi connectivity index (χ4v) is 6.86. The number of alkyl halides is 2. The molecule has 4 aromatic rings. The molecule has 0 atom stereocenters. The normalized spacial score (nSPS) is 12.6. The number of carbonyl (C=O) groups is 1. The Morgan fingerprint density at radius 2 is 1.37 bits per heavy atom. The first-order valence-electron chi connectivity index (χ1n) is 15.4. The van der Waals surface area contributed by atoms with Crippen LogP contribution < -0.4 is 4.74 Å². The molecule has 0 spiro atoms. The number of rotatable bonds is 9. The third-order valence-electron chi connectivity index (χ3n) is 7.68. The van der Waals surface area contributed by atoms with Crippen LogP contribution in [0.3, 0.4) is 0 Å². The Morgan fingerprint density at radius 3 is 2.00 bits per heavy atom. The Labute approximate surface area is 285 Å². The lowest BCUT2D eigenvalue weighted by Gasteiger charge is -2.19. The van der Waals surface area contributed by atoms with E-state index < -0.39 is 11.6 Å². The molecule has 0 saturated carbocycles. The summed E-state index contributed by atoms with van der Waals surface area (Å²) in [6.45, 7) is 5.35. The molecule has 0 aliphatic carbocycles. The molecule has 46 heavy (non-hydrogen) atoms. The molecule has 0 saturated heterocycles. The van der Waals surface area contributed by atoms with Gasteiger partial charge >= 0.3 is 5.97 Å². The van der Waals surface area contributed by atoms with Crippen molar-refractivity contribution < 1.29 is 14.3 Å². The first kappa shape index (κ1) is 32.0. The van der Waals surface area contributed by atoms with Crippen molar-refractivity contribution in [3.05, 3.63) is 89.0 Å². The predicted molar refractivity (Wildman–Crippen MR) is 195 cm³/mol. The van der Waals surface area contributed by atoms with E-state index in [1.54, 1.807) is 0 Å². The van der Waals surface area contributed by atoms with Crippen molar-refractivity contribution in [1.82, 2.24) is 19.9 Å². The SMILES string of the molecule is CC(C)(C)OC(=O)COc1ccc(-c2c3nc(cc4ccc([nH]4)c(C(CCBr)CCBr)c4nc(cc5ccc2[nH]5)C=C4)C=C3)cc1. The molecule has 2 aliphatic heterocycles. The molecule has 2 N–H and O–H groups in total. The van der Waals surface area contributed by atoms with E-state index in [0.29, 0.717) is 11.7 Å². The van der Waals surface area contributed by atoms with E-state index in [4.69, 9.17) is 19.4 Å². The zero-order valence-corrected chi connectivity index (χ0v) is 29.2. The van der Waals surface area contributed by atoms with Crippen molar-refractivity contribution in [2.75, 3.05) is 17.3 Å². The Balaban J connectivity index is 1.46. The van der Waals surface area contributed by atoms with Gasteiger partial charge in [-0.05, 0) is 118 Å². The van der Waals surface area contributed by atoms with E-state index in [0.717, 1.165) is 79.5 Å². The molecule has 8 bridgehead atoms. The van der Waals surface area contributed by atoms with Gasteiger partial charge in [0, 0.05) is 43.9 Å². The van der Waals surface area contributed by atoms with Crippen molar-refractivity contribution in [3.8, 4) is 16.9 Å². The summed E-state index contributed by atoms with van der Waals surface area (Å²) in [6.07, 6.45) is 10.3. The second-order valence-electron chi connectivity index (χ2n) is 12.3. The summed E-state index contributed by atoms with van der Waals surface area (Å²) in [5.74, 6) is 0.509. The van der Waals surface area contributed by atoms with Gasteiger partial charge in [-0.3, -0.25) is 0 Å². The number of benzene rings is 1. The molecule has 2 aliphatic rings. The third-order valence-corrected chi connectivity index (χ3v) is 8.60. The number of H-pyrrole nitrogens is 2. The van der Waals surface area contributed by atoms with Gasteiger partial charge < -0.3 is 19.4 Å². The summed E-state index contributed by atoms with van der Waals surface area (Å²) in [7, 11) is 0. The average molecular weight is 745 g/mol. The van der Waals surface area contributed by atoms with Crippen LogP contribution in [0.4, 0.5) is 0 Å². The van der Waals surface area contributed by atoms with Gasteiger partial charge in [0.05, 0.1) is 22.8 Å². The van der Waals surface area contributed by atoms with Crippen LogP contribution in [0.2, 0.25) is 0 Å². The van der Waals surface area contributed by atoms with Gasteiger partial charge in [0.25, 0.3) is 0 Å². The largest absolute Gasteiger partial charge is 0.482 e. The van der Waals surface area contributed by atoms with E-state index >= 15 is 0 Å². The molecular weight excluding hydrogens is 708 g/mol. The monoisotopic (exact) mass is 742 g/mol. The Morgan fingerprint density at radius 1 is 0.783 bits per heavy atom. The van der Waals surface area contributed by atoms with Crippen molar-refractivity contribution in [2.45, 2.75) is 45.1 Å². The summed E-state index contributed by atoms with van der Waals surface area (Å²) in [6, 6.07) is 20.2. The number of nitrogens with one attached hydrogen (secondary N) is 2. The van der Waals surface area contributed by atoms with E-state index in [1.165, 1.54) is 5.56 Å². The van der Waals surface area contributed by atoms with Crippen LogP contribution in [0.25, 0.3) is 57.5 Å². The number of aromatic nitrogens is 4. The number of fused-ring (bicyclic) bond motifs is 8. The van der Waals surface area contributed by atoms with Gasteiger partial charge in [0.2, 0.25) is 0 Å². The zero-order valence-electron chi connectivity index (χ0n) is 26.1. The van der Waals surface area contributed by atoms with E-state index in [-0.39, 0.29) is 6.61 Å². The highest BCUT2D eigenvalue weighted by Crippen LogP contribution is 2.34. The minimum absolute atomic E-state index is 0.155. The van der Waals surface area contributed by atoms with Gasteiger partial charge in [-0.2, -0.15) is 0 Å². The summed E-state index contributed by atoms with van der Waals surface area (Å²) in [5, 5.41) is 1.83. The van der Waals surface area contributed by atoms with Crippen LogP contribution in [-0.2, 0) is 9.53 Å². The molecule has 3 aromatic heterocycles. The van der Waals surface area contributed by atoms with Gasteiger partial charge in [0.1, 0.15) is 11.4 Å². The molecule has 0 unspecified atom stereocenters. The van der Waals surface area contributed by atoms with Gasteiger partial charge in [-0.25, -0.2) is 14.8 Å². The zero-order chi connectivity index (χ0) is 32.3. The van der Waals surface area contributed by atoms with E-state index in [1.807, 2.05) is 57.2 Å². The first-order chi connectivity index (χ1) is 22.2. The number of esters is 1. The standard InChI is InChI=1S/C37H36Br2N4O3/c1-37(2,3)46-34(44)22-45-29-10-4-23(5-11-29)35-30-12-6-25(40-30)20-27-8-14-32(42-27)36(24(16-18-38)17-19-39)33-15-9-28(43-33)21-26-7-13-31(35)41-26/h4-15,20-21,24,40,43H,16-19,22H2,1-3H3. The van der Waals surface area contributed by atoms with E-state index in [9.17, 15) is 4.79 Å². The van der Waals surface area contributed by atoms with Crippen LogP contribution in [0.1, 0.15) is 67.9 Å². The second kappa shape index (κ2) is 13.8. The Hall–Kier alpha value is -3.95. The molecular formula is C37H36Br2N4O3. The van der Waals surface area contributed by atoms with Crippen molar-refractivity contribution in [2.24, 2.45) is 0 Å². The van der Waals surface area contributed by atoms with E-state index in [2.05, 4.69) is 90.4 Å². The lowest BCUT2D eigenvalue weighted by molar-refractivity contribution is -0.157. The first-order valence-corrected chi connectivity index (χ1v) is 17.6. The fraction of sp³-hybridized carbons (Fsp3) is 0.270. The summed E-state index contributed by atoms with van der Waals surface area (Å²) in [5.41, 5.74) is 10.1. The summed E-state index contributed by atoms with van der Waals surface area (Å²) < 4.78 is 11.1. The van der Waals surface area contributed by atoms with Crippen LogP contribution in [0, 0.1) is 0 Å². The minimum atomic E-state index is -0.560. The number of nitrogens with zero attached hydrogens (tertiary/aromatic N) is 2. The maximum Gasteiger partial charge on any atom is 0.344 e. The second-order valence-corrected chi connectivity index (χ2v) is 13.9. The number of ether oxygens (including phenoxy) is 2. The topological polar surface area (TPSA) is 92.9 Å². The third kappa shape index (κ3) is 7.53. The van der Waals surface area contributed by atoms with Crippen LogP contribution >= 0.6 is 31.9 Å². The van der Waals surface area contributed by atoms with Gasteiger partial charge in [-0.15, -0.1) is 0 Å². The minimum Gasteiger partial charge on any atom is -0.482 e. The highest BCUT2D eigenvalue weighted by atomic mass is 79.9. The lowest BCUT2D eigenvalue weighted by Crippen LogP contribution is -2.27.